The molecule has 0 bridgehead atoms. The first-order valence-corrected chi connectivity index (χ1v) is 14.1. The van der Waals surface area contributed by atoms with E-state index in [1.54, 1.807) is 12.1 Å². The van der Waals surface area contributed by atoms with Gasteiger partial charge in [-0.05, 0) is 56.2 Å². The van der Waals surface area contributed by atoms with Gasteiger partial charge in [0, 0.05) is 75.9 Å². The van der Waals surface area contributed by atoms with Crippen molar-refractivity contribution in [2.75, 3.05) is 62.3 Å². The summed E-state index contributed by atoms with van der Waals surface area (Å²) in [6.45, 7) is 8.44. The Morgan fingerprint density at radius 3 is 2.12 bits per heavy atom. The lowest BCUT2D eigenvalue weighted by Crippen LogP contribution is -2.48. The number of likely N-dealkylation sites (tertiary alicyclic amines) is 1. The first kappa shape index (κ1) is 24.5. The monoisotopic (exact) mass is 484 g/mol. The predicted molar refractivity (Wildman–Crippen MR) is 137 cm³/mol. The zero-order chi connectivity index (χ0) is 24.1. The fourth-order valence-corrected chi connectivity index (χ4v) is 5.33. The summed E-state index contributed by atoms with van der Waals surface area (Å²) < 4.78 is 23.2. The van der Waals surface area contributed by atoms with E-state index in [1.165, 1.54) is 17.5 Å². The number of nitrogens with zero attached hydrogens (tertiary/aromatic N) is 3. The fourth-order valence-electron chi connectivity index (χ4n) is 4.70. The Morgan fingerprint density at radius 2 is 1.53 bits per heavy atom. The zero-order valence-electron chi connectivity index (χ0n) is 20.2. The minimum absolute atomic E-state index is 0.247. The van der Waals surface area contributed by atoms with Gasteiger partial charge >= 0.3 is 0 Å². The summed E-state index contributed by atoms with van der Waals surface area (Å²) in [5, 5.41) is 3.48. The number of piperazine rings is 1. The van der Waals surface area contributed by atoms with Crippen LogP contribution in [0.4, 0.5) is 11.4 Å². The molecule has 4 rings (SSSR count). The molecule has 0 unspecified atom stereocenters. The number of carbonyl (C=O) groups excluding carboxylic acids is 1. The Kier molecular flexibility index (Phi) is 7.78. The number of piperidine rings is 1. The molecule has 7 nitrogen and oxygen atoms in total. The Bertz CT molecular complexity index is 1050. The number of sulfone groups is 1. The lowest BCUT2D eigenvalue weighted by Gasteiger charge is -2.37. The highest BCUT2D eigenvalue weighted by atomic mass is 32.2. The van der Waals surface area contributed by atoms with E-state index in [0.29, 0.717) is 17.4 Å². The third-order valence-corrected chi connectivity index (χ3v) is 8.04. The van der Waals surface area contributed by atoms with Gasteiger partial charge in [-0.1, -0.05) is 17.7 Å². The highest BCUT2D eigenvalue weighted by molar-refractivity contribution is 7.90. The van der Waals surface area contributed by atoms with Gasteiger partial charge in [0.2, 0.25) is 5.91 Å². The van der Waals surface area contributed by atoms with Crippen LogP contribution in [0.2, 0.25) is 0 Å². The van der Waals surface area contributed by atoms with E-state index in [1.807, 2.05) is 17.0 Å². The molecule has 0 aromatic heterocycles. The molecule has 1 amide bonds. The van der Waals surface area contributed by atoms with E-state index in [9.17, 15) is 13.2 Å². The SMILES string of the molecule is Cc1ccc(N2CCN(CCC(=O)N3CCC(Nc4ccc(S(C)(=O)=O)cc4)CC3)CC2)cc1. The molecule has 1 N–H and O–H groups in total. The summed E-state index contributed by atoms with van der Waals surface area (Å²) in [4.78, 5) is 19.9. The van der Waals surface area contributed by atoms with Crippen molar-refractivity contribution in [3.63, 3.8) is 0 Å². The molecule has 8 heteroatoms. The number of hydrogen-bond donors (Lipinski definition) is 1. The molecule has 0 atom stereocenters. The molecule has 0 aliphatic carbocycles. The second-order valence-electron chi connectivity index (χ2n) is 9.51. The van der Waals surface area contributed by atoms with Crippen LogP contribution in [0.25, 0.3) is 0 Å². The largest absolute Gasteiger partial charge is 0.382 e. The van der Waals surface area contributed by atoms with Crippen molar-refractivity contribution < 1.29 is 13.2 Å². The van der Waals surface area contributed by atoms with Crippen molar-refractivity contribution in [2.24, 2.45) is 0 Å². The topological polar surface area (TPSA) is 73.0 Å². The summed E-state index contributed by atoms with van der Waals surface area (Å²) in [5.74, 6) is 0.247. The summed E-state index contributed by atoms with van der Waals surface area (Å²) >= 11 is 0. The molecule has 0 saturated carbocycles. The van der Waals surface area contributed by atoms with Crippen molar-refractivity contribution in [1.82, 2.24) is 9.80 Å². The molecule has 2 aromatic rings. The average molecular weight is 485 g/mol. The van der Waals surface area contributed by atoms with E-state index in [-0.39, 0.29) is 5.91 Å². The Morgan fingerprint density at radius 1 is 0.912 bits per heavy atom. The number of hydrogen-bond acceptors (Lipinski definition) is 6. The molecule has 2 aliphatic heterocycles. The molecular formula is C26H36N4O3S. The first-order chi connectivity index (χ1) is 16.3. The minimum atomic E-state index is -3.18. The molecule has 2 aliphatic rings. The van der Waals surface area contributed by atoms with E-state index < -0.39 is 9.84 Å². The minimum Gasteiger partial charge on any atom is -0.382 e. The normalized spacial score (nSPS) is 18.2. The van der Waals surface area contributed by atoms with Crippen molar-refractivity contribution in [1.29, 1.82) is 0 Å². The summed E-state index contributed by atoms with van der Waals surface area (Å²) in [6, 6.07) is 15.9. The maximum Gasteiger partial charge on any atom is 0.223 e. The summed E-state index contributed by atoms with van der Waals surface area (Å²) in [5.41, 5.74) is 3.48. The van der Waals surface area contributed by atoms with Crippen molar-refractivity contribution in [2.45, 2.75) is 37.1 Å². The quantitative estimate of drug-likeness (QED) is 0.651. The van der Waals surface area contributed by atoms with Gasteiger partial charge in [0.05, 0.1) is 4.90 Å². The number of carbonyl (C=O) groups is 1. The molecule has 184 valence electrons. The third-order valence-electron chi connectivity index (χ3n) is 6.91. The molecule has 2 heterocycles. The van der Waals surface area contributed by atoms with Gasteiger partial charge in [-0.2, -0.15) is 0 Å². The summed E-state index contributed by atoms with van der Waals surface area (Å²) in [7, 11) is -3.18. The van der Waals surface area contributed by atoms with Crippen LogP contribution >= 0.6 is 0 Å². The molecule has 0 radical (unpaired) electrons. The van der Waals surface area contributed by atoms with Crippen LogP contribution in [-0.2, 0) is 14.6 Å². The Labute approximate surface area is 203 Å². The molecule has 34 heavy (non-hydrogen) atoms. The molecule has 2 fully saturated rings. The number of aryl methyl sites for hydroxylation is 1. The third kappa shape index (κ3) is 6.51. The smallest absolute Gasteiger partial charge is 0.223 e. The van der Waals surface area contributed by atoms with Gasteiger partial charge in [-0.25, -0.2) is 8.42 Å². The van der Waals surface area contributed by atoms with E-state index in [4.69, 9.17) is 0 Å². The maximum absolute atomic E-state index is 12.8. The maximum atomic E-state index is 12.8. The van der Waals surface area contributed by atoms with Crippen LogP contribution in [-0.4, -0.2) is 82.2 Å². The molecule has 2 aromatic carbocycles. The zero-order valence-corrected chi connectivity index (χ0v) is 21.1. The number of nitrogens with one attached hydrogen (secondary N) is 1. The standard InChI is InChI=1S/C26H36N4O3S/c1-21-3-7-24(8-4-21)29-19-17-28(18-20-29)14-13-26(31)30-15-11-23(12-16-30)27-22-5-9-25(10-6-22)34(2,32)33/h3-10,23,27H,11-20H2,1-2H3. The second kappa shape index (κ2) is 10.8. The van der Waals surface area contributed by atoms with Crippen LogP contribution in [0.1, 0.15) is 24.8 Å². The van der Waals surface area contributed by atoms with Crippen LogP contribution < -0.4 is 10.2 Å². The van der Waals surface area contributed by atoms with Gasteiger partial charge < -0.3 is 15.1 Å². The van der Waals surface area contributed by atoms with Gasteiger partial charge in [0.25, 0.3) is 0 Å². The van der Waals surface area contributed by atoms with Crippen LogP contribution in [0, 0.1) is 6.92 Å². The Balaban J connectivity index is 1.15. The lowest BCUT2D eigenvalue weighted by molar-refractivity contribution is -0.132. The number of rotatable bonds is 7. The van der Waals surface area contributed by atoms with Gasteiger partial charge in [0.1, 0.15) is 0 Å². The Hall–Kier alpha value is -2.58. The van der Waals surface area contributed by atoms with Gasteiger partial charge in [-0.3, -0.25) is 9.69 Å². The highest BCUT2D eigenvalue weighted by Gasteiger charge is 2.24. The lowest BCUT2D eigenvalue weighted by atomic mass is 10.0. The van der Waals surface area contributed by atoms with Crippen LogP contribution in [0.5, 0.6) is 0 Å². The van der Waals surface area contributed by atoms with Gasteiger partial charge in [0.15, 0.2) is 9.84 Å². The van der Waals surface area contributed by atoms with Crippen molar-refractivity contribution in [3.05, 3.63) is 54.1 Å². The van der Waals surface area contributed by atoms with E-state index in [0.717, 1.165) is 64.3 Å². The summed E-state index contributed by atoms with van der Waals surface area (Å²) in [6.07, 6.45) is 3.59. The van der Waals surface area contributed by atoms with Crippen molar-refractivity contribution >= 4 is 27.1 Å². The first-order valence-electron chi connectivity index (χ1n) is 12.2. The predicted octanol–water partition coefficient (Wildman–Crippen LogP) is 3.01. The van der Waals surface area contributed by atoms with Crippen molar-refractivity contribution in [3.8, 4) is 0 Å². The molecule has 0 spiro atoms. The molecular weight excluding hydrogens is 448 g/mol. The van der Waals surface area contributed by atoms with Crippen LogP contribution in [0.3, 0.4) is 0 Å². The molecule has 2 saturated heterocycles. The number of amides is 1. The van der Waals surface area contributed by atoms with Crippen LogP contribution in [0.15, 0.2) is 53.4 Å². The number of benzene rings is 2. The van der Waals surface area contributed by atoms with E-state index >= 15 is 0 Å². The fraction of sp³-hybridized carbons (Fsp3) is 0.500. The van der Waals surface area contributed by atoms with E-state index in [2.05, 4.69) is 46.3 Å². The highest BCUT2D eigenvalue weighted by Crippen LogP contribution is 2.20. The van der Waals surface area contributed by atoms with Gasteiger partial charge in [-0.15, -0.1) is 0 Å². The number of anilines is 2. The average Bonchev–Trinajstić information content (AvgIpc) is 2.84. The second-order valence-corrected chi connectivity index (χ2v) is 11.5.